The molecule has 0 aliphatic carbocycles. The number of carbonyl (C=O) groups is 1. The fraction of sp³-hybridized carbons (Fsp3) is 0.235. The maximum absolute atomic E-state index is 12.3. The van der Waals surface area contributed by atoms with Crippen LogP contribution in [0.25, 0.3) is 0 Å². The third kappa shape index (κ3) is 3.64. The minimum atomic E-state index is 0.0359. The summed E-state index contributed by atoms with van der Waals surface area (Å²) >= 11 is 1.66. The highest BCUT2D eigenvalue weighted by Gasteiger charge is 2.09. The molecule has 0 fully saturated rings. The fourth-order valence-corrected chi connectivity index (χ4v) is 2.27. The quantitative estimate of drug-likeness (QED) is 0.601. The molecule has 0 saturated carbocycles. The summed E-state index contributed by atoms with van der Waals surface area (Å²) in [5.74, 6) is 0.822. The maximum atomic E-state index is 12.3. The number of benzene rings is 2. The molecule has 0 aromatic heterocycles. The van der Waals surface area contributed by atoms with Crippen LogP contribution in [0.4, 0.5) is 0 Å². The van der Waals surface area contributed by atoms with E-state index in [1.807, 2.05) is 68.6 Å². The number of hydrogen-bond acceptors (Lipinski definition) is 3. The van der Waals surface area contributed by atoms with Crippen molar-refractivity contribution in [3.8, 4) is 5.75 Å². The molecule has 0 amide bonds. The van der Waals surface area contributed by atoms with Gasteiger partial charge in [-0.05, 0) is 68.6 Å². The van der Waals surface area contributed by atoms with Gasteiger partial charge in [-0.2, -0.15) is 0 Å². The van der Waals surface area contributed by atoms with Crippen LogP contribution in [0.15, 0.2) is 53.4 Å². The lowest BCUT2D eigenvalue weighted by atomic mass is 10.0. The first-order valence-corrected chi connectivity index (χ1v) is 7.78. The van der Waals surface area contributed by atoms with Crippen LogP contribution >= 0.6 is 11.8 Å². The first kappa shape index (κ1) is 14.7. The highest BCUT2D eigenvalue weighted by Crippen LogP contribution is 2.19. The predicted octanol–water partition coefficient (Wildman–Crippen LogP) is 4.43. The third-order valence-electron chi connectivity index (χ3n) is 2.84. The lowest BCUT2D eigenvalue weighted by Gasteiger charge is -2.10. The summed E-state index contributed by atoms with van der Waals surface area (Å²) in [6, 6.07) is 15.0. The van der Waals surface area contributed by atoms with E-state index in [1.165, 1.54) is 0 Å². The zero-order valence-electron chi connectivity index (χ0n) is 11.9. The van der Waals surface area contributed by atoms with Crippen LogP contribution in [0.2, 0.25) is 0 Å². The van der Waals surface area contributed by atoms with Gasteiger partial charge < -0.3 is 4.74 Å². The van der Waals surface area contributed by atoms with Crippen molar-refractivity contribution in [2.75, 3.05) is 6.26 Å². The van der Waals surface area contributed by atoms with Crippen LogP contribution < -0.4 is 4.74 Å². The van der Waals surface area contributed by atoms with E-state index in [2.05, 4.69) is 0 Å². The summed E-state index contributed by atoms with van der Waals surface area (Å²) in [6.07, 6.45) is 2.15. The van der Waals surface area contributed by atoms with Crippen molar-refractivity contribution in [2.45, 2.75) is 24.8 Å². The first-order valence-electron chi connectivity index (χ1n) is 6.55. The van der Waals surface area contributed by atoms with Gasteiger partial charge >= 0.3 is 0 Å². The van der Waals surface area contributed by atoms with E-state index in [9.17, 15) is 4.79 Å². The second-order valence-electron chi connectivity index (χ2n) is 4.75. The molecular weight excluding hydrogens is 268 g/mol. The van der Waals surface area contributed by atoms with E-state index in [4.69, 9.17) is 4.74 Å². The summed E-state index contributed by atoms with van der Waals surface area (Å²) in [5, 5.41) is 0. The molecule has 0 spiro atoms. The Morgan fingerprint density at radius 3 is 1.90 bits per heavy atom. The largest absolute Gasteiger partial charge is 0.491 e. The molecule has 0 bridgehead atoms. The number of carbonyl (C=O) groups excluding carboxylic acids is 1. The number of rotatable bonds is 5. The average molecular weight is 286 g/mol. The minimum Gasteiger partial charge on any atom is -0.491 e. The van der Waals surface area contributed by atoms with E-state index < -0.39 is 0 Å². The third-order valence-corrected chi connectivity index (χ3v) is 3.58. The summed E-state index contributed by atoms with van der Waals surface area (Å²) in [4.78, 5) is 13.5. The number of thioether (sulfide) groups is 1. The molecule has 2 aromatic rings. The second-order valence-corrected chi connectivity index (χ2v) is 5.63. The van der Waals surface area contributed by atoms with Crippen LogP contribution in [0.1, 0.15) is 29.8 Å². The molecule has 0 saturated heterocycles. The van der Waals surface area contributed by atoms with Crippen LogP contribution in [0.3, 0.4) is 0 Å². The van der Waals surface area contributed by atoms with E-state index in [-0.39, 0.29) is 11.9 Å². The van der Waals surface area contributed by atoms with Gasteiger partial charge in [-0.25, -0.2) is 0 Å². The van der Waals surface area contributed by atoms with Gasteiger partial charge in [0, 0.05) is 16.0 Å². The Balaban J connectivity index is 2.15. The smallest absolute Gasteiger partial charge is 0.193 e. The molecule has 0 atom stereocenters. The van der Waals surface area contributed by atoms with Gasteiger partial charge in [0.15, 0.2) is 5.78 Å². The lowest BCUT2D eigenvalue weighted by molar-refractivity contribution is 0.103. The van der Waals surface area contributed by atoms with Crippen molar-refractivity contribution in [1.29, 1.82) is 0 Å². The zero-order chi connectivity index (χ0) is 14.5. The Labute approximate surface area is 124 Å². The van der Waals surface area contributed by atoms with E-state index >= 15 is 0 Å². The minimum absolute atomic E-state index is 0.0359. The van der Waals surface area contributed by atoms with Crippen molar-refractivity contribution < 1.29 is 9.53 Å². The topological polar surface area (TPSA) is 26.3 Å². The van der Waals surface area contributed by atoms with Crippen molar-refractivity contribution in [3.05, 3.63) is 59.7 Å². The molecule has 3 heteroatoms. The second kappa shape index (κ2) is 6.62. The Kier molecular flexibility index (Phi) is 4.85. The highest BCUT2D eigenvalue weighted by molar-refractivity contribution is 7.98. The van der Waals surface area contributed by atoms with Crippen molar-refractivity contribution in [1.82, 2.24) is 0 Å². The summed E-state index contributed by atoms with van der Waals surface area (Å²) in [6.45, 7) is 3.96. The van der Waals surface area contributed by atoms with Gasteiger partial charge in [0.1, 0.15) is 5.75 Å². The normalized spacial score (nSPS) is 10.6. The molecule has 0 N–H and O–H groups in total. The van der Waals surface area contributed by atoms with E-state index in [0.717, 1.165) is 10.6 Å². The van der Waals surface area contributed by atoms with Crippen LogP contribution in [-0.4, -0.2) is 18.1 Å². The lowest BCUT2D eigenvalue weighted by Crippen LogP contribution is -2.06. The Hall–Kier alpha value is -1.74. The average Bonchev–Trinajstić information content (AvgIpc) is 2.47. The standard InChI is InChI=1S/C17H18O2S/c1-12(2)19-15-8-4-13(5-9-15)17(18)14-6-10-16(20-3)11-7-14/h4-12H,1-3H3. The molecule has 20 heavy (non-hydrogen) atoms. The summed E-state index contributed by atoms with van der Waals surface area (Å²) in [7, 11) is 0. The molecule has 0 aliphatic rings. The Morgan fingerprint density at radius 1 is 0.950 bits per heavy atom. The summed E-state index contributed by atoms with van der Waals surface area (Å²) in [5.41, 5.74) is 1.39. The Morgan fingerprint density at radius 2 is 1.45 bits per heavy atom. The SMILES string of the molecule is CSc1ccc(C(=O)c2ccc(OC(C)C)cc2)cc1. The highest BCUT2D eigenvalue weighted by atomic mass is 32.2. The molecular formula is C17H18O2S. The monoisotopic (exact) mass is 286 g/mol. The molecule has 2 rings (SSSR count). The predicted molar refractivity (Wildman–Crippen MR) is 83.9 cm³/mol. The molecule has 2 nitrogen and oxygen atoms in total. The molecule has 0 heterocycles. The molecule has 0 aliphatic heterocycles. The zero-order valence-corrected chi connectivity index (χ0v) is 12.7. The van der Waals surface area contributed by atoms with Crippen LogP contribution in [0.5, 0.6) is 5.75 Å². The molecule has 0 radical (unpaired) electrons. The Bertz CT molecular complexity index is 571. The van der Waals surface area contributed by atoms with Crippen molar-refractivity contribution in [3.63, 3.8) is 0 Å². The number of hydrogen-bond donors (Lipinski definition) is 0. The van der Waals surface area contributed by atoms with Gasteiger partial charge in [0.2, 0.25) is 0 Å². The van der Waals surface area contributed by atoms with Gasteiger partial charge in [-0.15, -0.1) is 11.8 Å². The van der Waals surface area contributed by atoms with Gasteiger partial charge in [0.25, 0.3) is 0 Å². The van der Waals surface area contributed by atoms with Crippen LogP contribution in [-0.2, 0) is 0 Å². The van der Waals surface area contributed by atoms with Gasteiger partial charge in [-0.3, -0.25) is 4.79 Å². The van der Waals surface area contributed by atoms with Gasteiger partial charge in [-0.1, -0.05) is 0 Å². The van der Waals surface area contributed by atoms with Crippen molar-refractivity contribution in [2.24, 2.45) is 0 Å². The van der Waals surface area contributed by atoms with Gasteiger partial charge in [0.05, 0.1) is 6.10 Å². The number of ketones is 1. The van der Waals surface area contributed by atoms with E-state index in [1.54, 1.807) is 11.8 Å². The molecule has 0 unspecified atom stereocenters. The van der Waals surface area contributed by atoms with E-state index in [0.29, 0.717) is 11.1 Å². The fourth-order valence-electron chi connectivity index (χ4n) is 1.87. The first-order chi connectivity index (χ1) is 9.60. The maximum Gasteiger partial charge on any atom is 0.193 e. The van der Waals surface area contributed by atoms with Crippen LogP contribution in [0, 0.1) is 0 Å². The molecule has 104 valence electrons. The summed E-state index contributed by atoms with van der Waals surface area (Å²) < 4.78 is 5.57. The molecule has 2 aromatic carbocycles. The number of ether oxygens (including phenoxy) is 1. The van der Waals surface area contributed by atoms with Crippen molar-refractivity contribution >= 4 is 17.5 Å².